The minimum atomic E-state index is -1.76. The summed E-state index contributed by atoms with van der Waals surface area (Å²) in [7, 11) is 1.33. The van der Waals surface area contributed by atoms with E-state index in [9.17, 15) is 15.3 Å². The van der Waals surface area contributed by atoms with E-state index < -0.39 is 23.8 Å². The molecule has 0 saturated carbocycles. The smallest absolute Gasteiger partial charge is 0.197 e. The summed E-state index contributed by atoms with van der Waals surface area (Å²) in [5.41, 5.74) is 0. The minimum absolute atomic E-state index is 1.25. The zero-order valence-corrected chi connectivity index (χ0v) is 7.31. The van der Waals surface area contributed by atoms with E-state index in [4.69, 9.17) is 9.47 Å². The van der Waals surface area contributed by atoms with Gasteiger partial charge in [0.25, 0.3) is 0 Å². The molecule has 1 saturated heterocycles. The van der Waals surface area contributed by atoms with Crippen molar-refractivity contribution in [2.24, 2.45) is 0 Å². The minimum Gasteiger partial charge on any atom is -0.385 e. The van der Waals surface area contributed by atoms with Crippen molar-refractivity contribution in [1.82, 2.24) is 0 Å². The zero-order valence-electron chi connectivity index (χ0n) is 7.31. The topological polar surface area (TPSA) is 79.2 Å². The predicted molar refractivity (Wildman–Crippen MR) is 39.1 cm³/mol. The Balaban J connectivity index is 2.88. The van der Waals surface area contributed by atoms with Gasteiger partial charge in [0.05, 0.1) is 0 Å². The summed E-state index contributed by atoms with van der Waals surface area (Å²) in [6.45, 7) is 2.72. The third kappa shape index (κ3) is 1.23. The van der Waals surface area contributed by atoms with E-state index in [1.165, 1.54) is 21.0 Å². The molecule has 0 aromatic rings. The molecule has 0 aromatic heterocycles. The summed E-state index contributed by atoms with van der Waals surface area (Å²) >= 11 is 0. The summed E-state index contributed by atoms with van der Waals surface area (Å²) in [5.74, 6) is -3.10. The number of hydrogen-bond donors (Lipinski definition) is 3. The van der Waals surface area contributed by atoms with Gasteiger partial charge in [-0.05, 0) is 13.8 Å². The molecule has 0 aromatic carbocycles. The molecule has 1 aliphatic rings. The highest BCUT2D eigenvalue weighted by molar-refractivity contribution is 4.95. The monoisotopic (exact) mass is 178 g/mol. The van der Waals surface area contributed by atoms with Crippen LogP contribution in [0.5, 0.6) is 0 Å². The van der Waals surface area contributed by atoms with Gasteiger partial charge in [-0.2, -0.15) is 0 Å². The maximum atomic E-state index is 9.39. The van der Waals surface area contributed by atoms with Crippen LogP contribution in [-0.4, -0.2) is 46.2 Å². The molecule has 0 amide bonds. The number of methoxy groups -OCH3 is 1. The van der Waals surface area contributed by atoms with E-state index >= 15 is 0 Å². The van der Waals surface area contributed by atoms with E-state index in [-0.39, 0.29) is 0 Å². The van der Waals surface area contributed by atoms with Gasteiger partial charge in [0.15, 0.2) is 11.6 Å². The van der Waals surface area contributed by atoms with Crippen LogP contribution in [0.25, 0.3) is 0 Å². The quantitative estimate of drug-likeness (QED) is 0.470. The first-order valence-corrected chi connectivity index (χ1v) is 3.67. The highest BCUT2D eigenvalue weighted by Crippen LogP contribution is 2.36. The van der Waals surface area contributed by atoms with Gasteiger partial charge >= 0.3 is 0 Å². The van der Waals surface area contributed by atoms with Crippen LogP contribution in [-0.2, 0) is 9.47 Å². The maximum absolute atomic E-state index is 9.39. The summed E-state index contributed by atoms with van der Waals surface area (Å²) < 4.78 is 9.77. The van der Waals surface area contributed by atoms with Crippen LogP contribution >= 0.6 is 0 Å². The fraction of sp³-hybridized carbons (Fsp3) is 1.00. The second-order valence-electron chi connectivity index (χ2n) is 3.27. The van der Waals surface area contributed by atoms with Crippen molar-refractivity contribution in [2.75, 3.05) is 7.11 Å². The Labute approximate surface area is 70.5 Å². The molecular formula is C7H14O5. The average molecular weight is 178 g/mol. The standard InChI is InChI=1S/C7H14O5/c1-6(10)4(8)5(9)7(2,11-3)12-6/h4-5,8-10H,1-3H3/t4-,5+,6?,7?/m0/s1. The molecule has 0 radical (unpaired) electrons. The fourth-order valence-corrected chi connectivity index (χ4v) is 1.27. The van der Waals surface area contributed by atoms with Crippen LogP contribution in [0.15, 0.2) is 0 Å². The number of aliphatic hydroxyl groups is 3. The van der Waals surface area contributed by atoms with Gasteiger partial charge in [0, 0.05) is 7.11 Å². The molecule has 72 valence electrons. The van der Waals surface area contributed by atoms with Crippen molar-refractivity contribution in [3.8, 4) is 0 Å². The summed E-state index contributed by atoms with van der Waals surface area (Å²) in [6, 6.07) is 0. The largest absolute Gasteiger partial charge is 0.385 e. The van der Waals surface area contributed by atoms with Gasteiger partial charge in [0.2, 0.25) is 0 Å². The lowest BCUT2D eigenvalue weighted by Crippen LogP contribution is -2.42. The van der Waals surface area contributed by atoms with Crippen molar-refractivity contribution < 1.29 is 24.8 Å². The molecule has 5 heteroatoms. The molecule has 2 unspecified atom stereocenters. The van der Waals surface area contributed by atoms with Crippen molar-refractivity contribution in [3.63, 3.8) is 0 Å². The molecule has 0 bridgehead atoms. The van der Waals surface area contributed by atoms with Crippen molar-refractivity contribution in [3.05, 3.63) is 0 Å². The lowest BCUT2D eigenvalue weighted by Gasteiger charge is -2.25. The third-order valence-electron chi connectivity index (χ3n) is 2.20. The lowest BCUT2D eigenvalue weighted by molar-refractivity contribution is -0.301. The van der Waals surface area contributed by atoms with E-state index in [2.05, 4.69) is 0 Å². The summed E-state index contributed by atoms with van der Waals surface area (Å²) in [5, 5.41) is 28.1. The second-order valence-corrected chi connectivity index (χ2v) is 3.27. The molecule has 4 atom stereocenters. The molecule has 1 fully saturated rings. The Morgan fingerprint density at radius 2 is 1.75 bits per heavy atom. The molecule has 1 heterocycles. The Morgan fingerprint density at radius 3 is 1.92 bits per heavy atom. The average Bonchev–Trinajstić information content (AvgIpc) is 2.13. The van der Waals surface area contributed by atoms with Crippen LogP contribution < -0.4 is 0 Å². The van der Waals surface area contributed by atoms with Gasteiger partial charge in [0.1, 0.15) is 12.2 Å². The van der Waals surface area contributed by atoms with Gasteiger partial charge in [-0.25, -0.2) is 0 Å². The van der Waals surface area contributed by atoms with Crippen molar-refractivity contribution >= 4 is 0 Å². The molecule has 0 aliphatic carbocycles. The first kappa shape index (κ1) is 9.88. The molecular weight excluding hydrogens is 164 g/mol. The molecule has 1 rings (SSSR count). The van der Waals surface area contributed by atoms with E-state index in [1.807, 2.05) is 0 Å². The summed E-state index contributed by atoms with van der Waals surface area (Å²) in [6.07, 6.45) is -2.61. The highest BCUT2D eigenvalue weighted by atomic mass is 16.8. The normalized spacial score (nSPS) is 54.5. The number of rotatable bonds is 1. The Bertz CT molecular complexity index is 181. The van der Waals surface area contributed by atoms with E-state index in [1.54, 1.807) is 0 Å². The summed E-state index contributed by atoms with van der Waals surface area (Å²) in [4.78, 5) is 0. The molecule has 12 heavy (non-hydrogen) atoms. The third-order valence-corrected chi connectivity index (χ3v) is 2.20. The SMILES string of the molecule is COC1(C)OC(C)(O)[C@@H](O)[C@H]1O. The van der Waals surface area contributed by atoms with Gasteiger partial charge < -0.3 is 24.8 Å². The van der Waals surface area contributed by atoms with E-state index in [0.717, 1.165) is 0 Å². The maximum Gasteiger partial charge on any atom is 0.197 e. The Morgan fingerprint density at radius 1 is 1.25 bits per heavy atom. The van der Waals surface area contributed by atoms with Crippen LogP contribution in [0.1, 0.15) is 13.8 Å². The molecule has 5 nitrogen and oxygen atoms in total. The van der Waals surface area contributed by atoms with Crippen molar-refractivity contribution in [1.29, 1.82) is 0 Å². The second kappa shape index (κ2) is 2.65. The van der Waals surface area contributed by atoms with Crippen LogP contribution in [0.4, 0.5) is 0 Å². The zero-order chi connectivity index (χ0) is 9.57. The van der Waals surface area contributed by atoms with Gasteiger partial charge in [-0.3, -0.25) is 0 Å². The lowest BCUT2D eigenvalue weighted by atomic mass is 10.1. The van der Waals surface area contributed by atoms with Gasteiger partial charge in [-0.15, -0.1) is 0 Å². The Kier molecular flexibility index (Phi) is 2.18. The fourth-order valence-electron chi connectivity index (χ4n) is 1.27. The molecule has 1 aliphatic heterocycles. The first-order chi connectivity index (χ1) is 5.33. The molecule has 0 spiro atoms. The number of ether oxygens (including phenoxy) is 2. The highest BCUT2D eigenvalue weighted by Gasteiger charge is 2.57. The molecule has 3 N–H and O–H groups in total. The van der Waals surface area contributed by atoms with Crippen LogP contribution in [0.3, 0.4) is 0 Å². The van der Waals surface area contributed by atoms with Crippen LogP contribution in [0, 0.1) is 0 Å². The van der Waals surface area contributed by atoms with E-state index in [0.29, 0.717) is 0 Å². The predicted octanol–water partition coefficient (Wildman–Crippen LogP) is -1.19. The van der Waals surface area contributed by atoms with Crippen molar-refractivity contribution in [2.45, 2.75) is 37.6 Å². The van der Waals surface area contributed by atoms with Gasteiger partial charge in [-0.1, -0.05) is 0 Å². The number of hydrogen-bond acceptors (Lipinski definition) is 5. The van der Waals surface area contributed by atoms with Crippen LogP contribution in [0.2, 0.25) is 0 Å². The Hall–Kier alpha value is -0.200. The number of aliphatic hydroxyl groups excluding tert-OH is 2. The first-order valence-electron chi connectivity index (χ1n) is 3.67.